The summed E-state index contributed by atoms with van der Waals surface area (Å²) in [7, 11) is 6.10. The van der Waals surface area contributed by atoms with Crippen LogP contribution in [0, 0.1) is 5.92 Å². The van der Waals surface area contributed by atoms with Crippen LogP contribution >= 0.6 is 0 Å². The molecule has 2 amide bonds. The molecule has 0 aromatic heterocycles. The molecule has 2 aromatic rings. The number of para-hydroxylation sites is 1. The fraction of sp³-hybridized carbons (Fsp3) is 0.444. The van der Waals surface area contributed by atoms with Gasteiger partial charge in [0.25, 0.3) is 5.91 Å². The lowest BCUT2D eigenvalue weighted by Gasteiger charge is -2.22. The number of esters is 1. The van der Waals surface area contributed by atoms with Gasteiger partial charge in [0.05, 0.1) is 32.6 Å². The number of benzene rings is 2. The molecular formula is C27H34N2O7. The summed E-state index contributed by atoms with van der Waals surface area (Å²) in [4.78, 5) is 40.0. The maximum atomic E-state index is 13.0. The van der Waals surface area contributed by atoms with E-state index >= 15 is 0 Å². The number of anilines is 1. The average molecular weight is 499 g/mol. The Kier molecular flexibility index (Phi) is 9.55. The minimum Gasteiger partial charge on any atom is -0.496 e. The van der Waals surface area contributed by atoms with E-state index in [0.717, 1.165) is 37.7 Å². The van der Waals surface area contributed by atoms with Crippen LogP contribution in [0.25, 0.3) is 0 Å². The van der Waals surface area contributed by atoms with Crippen LogP contribution in [0.1, 0.15) is 48.0 Å². The van der Waals surface area contributed by atoms with Gasteiger partial charge in [-0.2, -0.15) is 0 Å². The standard InChI is InChI=1S/C27H34N2O7/c1-29(16-19-12-8-9-13-22(19)33-2)25(30)17-36-27(32)20-14-23(34-3)24(35-4)15-21(20)28-26(31)18-10-6-5-7-11-18/h8-9,12-15,18H,5-7,10-11,16-17H2,1-4H3,(H,28,31). The second kappa shape index (κ2) is 12.8. The first kappa shape index (κ1) is 26.8. The third-order valence-electron chi connectivity index (χ3n) is 6.33. The van der Waals surface area contributed by atoms with Crippen molar-refractivity contribution in [1.82, 2.24) is 4.90 Å². The number of rotatable bonds is 10. The van der Waals surface area contributed by atoms with Gasteiger partial charge >= 0.3 is 5.97 Å². The van der Waals surface area contributed by atoms with Gasteiger partial charge in [-0.25, -0.2) is 4.79 Å². The monoisotopic (exact) mass is 498 g/mol. The smallest absolute Gasteiger partial charge is 0.340 e. The average Bonchev–Trinajstić information content (AvgIpc) is 2.91. The minimum atomic E-state index is -0.756. The van der Waals surface area contributed by atoms with Crippen molar-refractivity contribution in [3.05, 3.63) is 47.5 Å². The molecule has 0 unspecified atom stereocenters. The van der Waals surface area contributed by atoms with Crippen LogP contribution in [0.2, 0.25) is 0 Å². The molecule has 194 valence electrons. The molecule has 0 saturated heterocycles. The Bertz CT molecular complexity index is 1080. The quantitative estimate of drug-likeness (QED) is 0.493. The molecule has 0 bridgehead atoms. The summed E-state index contributed by atoms with van der Waals surface area (Å²) in [5, 5.41) is 2.86. The number of ether oxygens (including phenoxy) is 4. The molecule has 9 nitrogen and oxygen atoms in total. The van der Waals surface area contributed by atoms with Crippen LogP contribution < -0.4 is 19.5 Å². The zero-order valence-corrected chi connectivity index (χ0v) is 21.3. The van der Waals surface area contributed by atoms with Crippen LogP contribution in [-0.4, -0.2) is 57.7 Å². The Hall–Kier alpha value is -3.75. The van der Waals surface area contributed by atoms with E-state index < -0.39 is 12.6 Å². The molecule has 0 heterocycles. The summed E-state index contributed by atoms with van der Waals surface area (Å²) < 4.78 is 21.3. The van der Waals surface area contributed by atoms with E-state index in [-0.39, 0.29) is 29.0 Å². The van der Waals surface area contributed by atoms with Gasteiger partial charge in [-0.3, -0.25) is 9.59 Å². The van der Waals surface area contributed by atoms with Crippen molar-refractivity contribution in [2.45, 2.75) is 38.6 Å². The van der Waals surface area contributed by atoms with Crippen LogP contribution in [0.3, 0.4) is 0 Å². The Balaban J connectivity index is 1.72. The number of carbonyl (C=O) groups excluding carboxylic acids is 3. The molecule has 0 atom stereocenters. The Morgan fingerprint density at radius 3 is 2.22 bits per heavy atom. The highest BCUT2D eigenvalue weighted by Crippen LogP contribution is 2.35. The van der Waals surface area contributed by atoms with Gasteiger partial charge in [0, 0.05) is 37.2 Å². The van der Waals surface area contributed by atoms with E-state index in [9.17, 15) is 14.4 Å². The summed E-state index contributed by atoms with van der Waals surface area (Å²) in [5.41, 5.74) is 1.16. The van der Waals surface area contributed by atoms with Gasteiger partial charge in [0.15, 0.2) is 18.1 Å². The topological polar surface area (TPSA) is 103 Å². The lowest BCUT2D eigenvalue weighted by molar-refractivity contribution is -0.133. The van der Waals surface area contributed by atoms with E-state index in [1.807, 2.05) is 24.3 Å². The molecule has 0 radical (unpaired) electrons. The summed E-state index contributed by atoms with van der Waals surface area (Å²) in [5.74, 6) is -0.0702. The fourth-order valence-corrected chi connectivity index (χ4v) is 4.24. The van der Waals surface area contributed by atoms with Crippen molar-refractivity contribution in [3.63, 3.8) is 0 Å². The lowest BCUT2D eigenvalue weighted by Crippen LogP contribution is -2.31. The van der Waals surface area contributed by atoms with Crippen molar-refractivity contribution >= 4 is 23.5 Å². The molecule has 1 fully saturated rings. The lowest BCUT2D eigenvalue weighted by atomic mass is 9.88. The van der Waals surface area contributed by atoms with Gasteiger partial charge < -0.3 is 29.2 Å². The number of amides is 2. The molecule has 0 aliphatic heterocycles. The number of methoxy groups -OCH3 is 3. The summed E-state index contributed by atoms with van der Waals surface area (Å²) in [6.07, 6.45) is 4.75. The molecule has 36 heavy (non-hydrogen) atoms. The van der Waals surface area contributed by atoms with E-state index in [2.05, 4.69) is 5.32 Å². The summed E-state index contributed by atoms with van der Waals surface area (Å²) >= 11 is 0. The third-order valence-corrected chi connectivity index (χ3v) is 6.33. The fourth-order valence-electron chi connectivity index (χ4n) is 4.24. The highest BCUT2D eigenvalue weighted by Gasteiger charge is 2.25. The van der Waals surface area contributed by atoms with Crippen molar-refractivity contribution in [3.8, 4) is 17.2 Å². The van der Waals surface area contributed by atoms with Gasteiger partial charge in [-0.1, -0.05) is 37.5 Å². The number of carbonyl (C=O) groups is 3. The molecule has 2 aromatic carbocycles. The molecule has 1 saturated carbocycles. The second-order valence-electron chi connectivity index (χ2n) is 8.71. The third kappa shape index (κ3) is 6.68. The highest BCUT2D eigenvalue weighted by molar-refractivity contribution is 6.03. The maximum Gasteiger partial charge on any atom is 0.340 e. The van der Waals surface area contributed by atoms with Crippen molar-refractivity contribution < 1.29 is 33.3 Å². The van der Waals surface area contributed by atoms with Crippen molar-refractivity contribution in [2.24, 2.45) is 5.92 Å². The van der Waals surface area contributed by atoms with Crippen LogP contribution in [-0.2, 0) is 20.9 Å². The first-order chi connectivity index (χ1) is 17.4. The number of likely N-dealkylation sites (N-methyl/N-ethyl adjacent to an activating group) is 1. The van der Waals surface area contributed by atoms with Gasteiger partial charge in [-0.15, -0.1) is 0 Å². The molecule has 0 spiro atoms. The summed E-state index contributed by atoms with van der Waals surface area (Å²) in [6, 6.07) is 10.4. The summed E-state index contributed by atoms with van der Waals surface area (Å²) in [6.45, 7) is -0.172. The molecule has 1 aliphatic rings. The largest absolute Gasteiger partial charge is 0.496 e. The molecule has 1 aliphatic carbocycles. The zero-order valence-electron chi connectivity index (χ0n) is 21.3. The van der Waals surface area contributed by atoms with Crippen molar-refractivity contribution in [2.75, 3.05) is 40.3 Å². The predicted octanol–water partition coefficient (Wildman–Crippen LogP) is 4.05. The van der Waals surface area contributed by atoms with Crippen LogP contribution in [0.15, 0.2) is 36.4 Å². The molecular weight excluding hydrogens is 464 g/mol. The van der Waals surface area contributed by atoms with E-state index in [1.165, 1.54) is 31.3 Å². The van der Waals surface area contributed by atoms with E-state index in [1.54, 1.807) is 14.2 Å². The predicted molar refractivity (Wildman–Crippen MR) is 135 cm³/mol. The SMILES string of the molecule is COc1ccccc1CN(C)C(=O)COC(=O)c1cc(OC)c(OC)cc1NC(=O)C1CCCCC1. The first-order valence-electron chi connectivity index (χ1n) is 12.0. The highest BCUT2D eigenvalue weighted by atomic mass is 16.5. The Morgan fingerprint density at radius 1 is 0.917 bits per heavy atom. The maximum absolute atomic E-state index is 13.0. The first-order valence-corrected chi connectivity index (χ1v) is 12.0. The number of hydrogen-bond acceptors (Lipinski definition) is 7. The van der Waals surface area contributed by atoms with E-state index in [4.69, 9.17) is 18.9 Å². The van der Waals surface area contributed by atoms with E-state index in [0.29, 0.717) is 23.8 Å². The number of nitrogens with one attached hydrogen (secondary N) is 1. The molecule has 1 N–H and O–H groups in total. The minimum absolute atomic E-state index is 0.0805. The zero-order chi connectivity index (χ0) is 26.1. The normalized spacial score (nSPS) is 13.4. The van der Waals surface area contributed by atoms with Gasteiger partial charge in [0.2, 0.25) is 5.91 Å². The number of nitrogens with zero attached hydrogens (tertiary/aromatic N) is 1. The molecule has 9 heteroatoms. The second-order valence-corrected chi connectivity index (χ2v) is 8.71. The van der Waals surface area contributed by atoms with Crippen LogP contribution in [0.4, 0.5) is 5.69 Å². The van der Waals surface area contributed by atoms with Crippen molar-refractivity contribution in [1.29, 1.82) is 0 Å². The van der Waals surface area contributed by atoms with Gasteiger partial charge in [0.1, 0.15) is 5.75 Å². The Morgan fingerprint density at radius 2 is 1.56 bits per heavy atom. The van der Waals surface area contributed by atoms with Gasteiger partial charge in [-0.05, 0) is 18.9 Å². The number of hydrogen-bond donors (Lipinski definition) is 1. The molecule has 3 rings (SSSR count). The Labute approximate surface area is 211 Å². The van der Waals surface area contributed by atoms with Crippen LogP contribution in [0.5, 0.6) is 17.2 Å².